The van der Waals surface area contributed by atoms with Crippen LogP contribution in [0, 0.1) is 6.92 Å². The summed E-state index contributed by atoms with van der Waals surface area (Å²) in [6.07, 6.45) is 0.731. The average Bonchev–Trinajstić information content (AvgIpc) is 3.02. The van der Waals surface area contributed by atoms with Crippen molar-refractivity contribution in [2.24, 2.45) is 0 Å². The van der Waals surface area contributed by atoms with Gasteiger partial charge in [0.15, 0.2) is 0 Å². The minimum atomic E-state index is -4.21. The smallest absolute Gasteiger partial charge is 0.264 e. The van der Waals surface area contributed by atoms with E-state index in [2.05, 4.69) is 5.32 Å². The van der Waals surface area contributed by atoms with Gasteiger partial charge in [-0.1, -0.05) is 102 Å². The first-order valence-corrected chi connectivity index (χ1v) is 17.7. The molecule has 0 aliphatic rings. The van der Waals surface area contributed by atoms with E-state index in [9.17, 15) is 18.0 Å². The molecule has 4 rings (SSSR count). The van der Waals surface area contributed by atoms with E-state index >= 15 is 0 Å². The molecule has 10 heteroatoms. The van der Waals surface area contributed by atoms with E-state index in [0.717, 1.165) is 21.0 Å². The third-order valence-corrected chi connectivity index (χ3v) is 10.0. The van der Waals surface area contributed by atoms with Gasteiger partial charge < -0.3 is 10.2 Å². The Balaban J connectivity index is 1.87. The molecule has 1 N–H and O–H groups in total. The Morgan fingerprint density at radius 1 is 0.851 bits per heavy atom. The predicted octanol–water partition coefficient (Wildman–Crippen LogP) is 7.61. The van der Waals surface area contributed by atoms with Crippen molar-refractivity contribution in [1.29, 1.82) is 0 Å². The molecule has 2 amide bonds. The zero-order valence-corrected chi connectivity index (χ0v) is 29.7. The number of amides is 2. The largest absolute Gasteiger partial charge is 0.350 e. The monoisotopic (exact) mass is 693 g/mol. The van der Waals surface area contributed by atoms with Gasteiger partial charge in [-0.05, 0) is 81.1 Å². The average molecular weight is 695 g/mol. The van der Waals surface area contributed by atoms with E-state index in [4.69, 9.17) is 23.2 Å². The molecule has 1 unspecified atom stereocenters. The molecule has 7 nitrogen and oxygen atoms in total. The van der Waals surface area contributed by atoms with Gasteiger partial charge >= 0.3 is 0 Å². The fraction of sp³-hybridized carbons (Fsp3) is 0.297. The maximum Gasteiger partial charge on any atom is 0.264 e. The number of carbonyl (C=O) groups excluding carboxylic acids is 2. The third-order valence-electron chi connectivity index (χ3n) is 7.65. The Labute approximate surface area is 288 Å². The molecule has 47 heavy (non-hydrogen) atoms. The van der Waals surface area contributed by atoms with Crippen LogP contribution in [0.15, 0.2) is 102 Å². The molecule has 248 valence electrons. The van der Waals surface area contributed by atoms with Crippen LogP contribution in [0.3, 0.4) is 0 Å². The van der Waals surface area contributed by atoms with Crippen molar-refractivity contribution < 1.29 is 18.0 Å². The number of carbonyl (C=O) groups is 2. The van der Waals surface area contributed by atoms with Crippen LogP contribution in [0.25, 0.3) is 0 Å². The van der Waals surface area contributed by atoms with Crippen molar-refractivity contribution in [1.82, 2.24) is 10.2 Å². The van der Waals surface area contributed by atoms with Gasteiger partial charge in [0.25, 0.3) is 10.0 Å². The second-order valence-electron chi connectivity index (χ2n) is 12.5. The van der Waals surface area contributed by atoms with Gasteiger partial charge in [-0.2, -0.15) is 0 Å². The number of nitrogens with one attached hydrogen (secondary N) is 1. The Hall–Kier alpha value is -3.85. The number of benzene rings is 4. The van der Waals surface area contributed by atoms with Crippen molar-refractivity contribution in [3.8, 4) is 0 Å². The zero-order chi connectivity index (χ0) is 34.4. The van der Waals surface area contributed by atoms with E-state index in [1.54, 1.807) is 42.5 Å². The summed E-state index contributed by atoms with van der Waals surface area (Å²) in [5.74, 6) is -0.940. The number of anilines is 1. The highest BCUT2D eigenvalue weighted by Gasteiger charge is 2.36. The van der Waals surface area contributed by atoms with Crippen LogP contribution in [0.5, 0.6) is 0 Å². The fourth-order valence-corrected chi connectivity index (χ4v) is 7.16. The molecule has 0 aromatic heterocycles. The summed E-state index contributed by atoms with van der Waals surface area (Å²) in [5, 5.41) is 3.78. The van der Waals surface area contributed by atoms with Crippen molar-refractivity contribution in [2.45, 2.75) is 70.5 Å². The lowest BCUT2D eigenvalue weighted by atomic mass is 10.0. The van der Waals surface area contributed by atoms with Gasteiger partial charge in [0.2, 0.25) is 11.8 Å². The first kappa shape index (κ1) is 36.0. The third kappa shape index (κ3) is 9.37. The minimum absolute atomic E-state index is 0.0559. The fourth-order valence-electron chi connectivity index (χ4n) is 5.24. The van der Waals surface area contributed by atoms with E-state index in [1.807, 2.05) is 77.1 Å². The van der Waals surface area contributed by atoms with E-state index in [1.165, 1.54) is 17.0 Å². The van der Waals surface area contributed by atoms with E-state index in [0.29, 0.717) is 27.7 Å². The number of aryl methyl sites for hydroxylation is 2. The van der Waals surface area contributed by atoms with Crippen molar-refractivity contribution in [3.05, 3.63) is 129 Å². The normalized spacial score (nSPS) is 12.3. The highest BCUT2D eigenvalue weighted by molar-refractivity contribution is 7.92. The number of halogens is 2. The number of sulfonamides is 1. The van der Waals surface area contributed by atoms with Crippen LogP contribution in [0.2, 0.25) is 10.0 Å². The number of para-hydroxylation sites is 1. The van der Waals surface area contributed by atoms with Crippen LogP contribution in [0.1, 0.15) is 49.9 Å². The summed E-state index contributed by atoms with van der Waals surface area (Å²) >= 11 is 12.8. The minimum Gasteiger partial charge on any atom is -0.350 e. The second-order valence-corrected chi connectivity index (χ2v) is 15.2. The lowest BCUT2D eigenvalue weighted by Crippen LogP contribution is -2.56. The quantitative estimate of drug-likeness (QED) is 0.165. The summed E-state index contributed by atoms with van der Waals surface area (Å²) in [7, 11) is -4.21. The number of hydrogen-bond acceptors (Lipinski definition) is 4. The molecule has 0 aliphatic carbocycles. The number of nitrogens with zero attached hydrogens (tertiary/aromatic N) is 2. The predicted molar refractivity (Wildman–Crippen MR) is 190 cm³/mol. The lowest BCUT2D eigenvalue weighted by molar-refractivity contribution is -0.140. The Bertz CT molecular complexity index is 1810. The molecule has 0 saturated carbocycles. The van der Waals surface area contributed by atoms with Crippen molar-refractivity contribution in [3.63, 3.8) is 0 Å². The van der Waals surface area contributed by atoms with Crippen LogP contribution >= 0.6 is 23.2 Å². The van der Waals surface area contributed by atoms with Crippen LogP contribution in [0.4, 0.5) is 5.69 Å². The molecule has 4 aromatic rings. The molecule has 1 atom stereocenters. The molecule has 4 aromatic carbocycles. The highest BCUT2D eigenvalue weighted by Crippen LogP contribution is 2.30. The maximum absolute atomic E-state index is 14.7. The van der Waals surface area contributed by atoms with Gasteiger partial charge in [-0.3, -0.25) is 13.9 Å². The van der Waals surface area contributed by atoms with Gasteiger partial charge in [-0.15, -0.1) is 0 Å². The summed E-state index contributed by atoms with van der Waals surface area (Å²) in [6.45, 7) is 8.79. The van der Waals surface area contributed by atoms with Crippen LogP contribution in [-0.4, -0.2) is 43.3 Å². The molecule has 0 fully saturated rings. The van der Waals surface area contributed by atoms with Crippen molar-refractivity contribution >= 4 is 50.7 Å². The Morgan fingerprint density at radius 2 is 1.49 bits per heavy atom. The molecule has 0 spiro atoms. The summed E-state index contributed by atoms with van der Waals surface area (Å²) in [4.78, 5) is 30.2. The first-order valence-electron chi connectivity index (χ1n) is 15.5. The molecule has 0 saturated heterocycles. The van der Waals surface area contributed by atoms with Crippen LogP contribution < -0.4 is 9.62 Å². The van der Waals surface area contributed by atoms with Gasteiger partial charge in [0.05, 0.1) is 10.6 Å². The van der Waals surface area contributed by atoms with Gasteiger partial charge in [0, 0.05) is 28.5 Å². The molecule has 0 bridgehead atoms. The maximum atomic E-state index is 14.7. The molecular formula is C37H41Cl2N3O4S. The summed E-state index contributed by atoms with van der Waals surface area (Å²) in [5.41, 5.74) is 2.86. The zero-order valence-electron chi connectivity index (χ0n) is 27.3. The number of rotatable bonds is 12. The van der Waals surface area contributed by atoms with Crippen molar-refractivity contribution in [2.75, 3.05) is 10.8 Å². The molecular weight excluding hydrogens is 653 g/mol. The van der Waals surface area contributed by atoms with E-state index in [-0.39, 0.29) is 23.8 Å². The second kappa shape index (κ2) is 15.4. The highest BCUT2D eigenvalue weighted by atomic mass is 35.5. The molecule has 0 radical (unpaired) electrons. The summed E-state index contributed by atoms with van der Waals surface area (Å²) in [6, 6.07) is 27.0. The molecule has 0 aliphatic heterocycles. The molecule has 0 heterocycles. The van der Waals surface area contributed by atoms with Crippen LogP contribution in [-0.2, 0) is 39.0 Å². The summed E-state index contributed by atoms with van der Waals surface area (Å²) < 4.78 is 29.8. The number of hydrogen-bond donors (Lipinski definition) is 1. The van der Waals surface area contributed by atoms with Gasteiger partial charge in [-0.25, -0.2) is 8.42 Å². The van der Waals surface area contributed by atoms with Gasteiger partial charge in [0.1, 0.15) is 12.6 Å². The Kier molecular flexibility index (Phi) is 11.8. The first-order chi connectivity index (χ1) is 22.2. The Morgan fingerprint density at radius 3 is 2.11 bits per heavy atom. The standard InChI is InChI=1S/C37H41Cl2N3O4S/c1-6-28-14-10-11-15-33(28)42(47(45,46)31-20-16-26(2)17-21-31)25-35(43)41(24-29-18-19-30(38)23-32(29)39)34(36(44)40-37(3,4)5)22-27-12-8-7-9-13-27/h7-21,23,34H,6,22,24-25H2,1-5H3,(H,40,44). The topological polar surface area (TPSA) is 86.8 Å². The van der Waals surface area contributed by atoms with E-state index < -0.39 is 34.1 Å². The SMILES string of the molecule is CCc1ccccc1N(CC(=O)N(Cc1ccc(Cl)cc1Cl)C(Cc1ccccc1)C(=O)NC(C)(C)C)S(=O)(=O)c1ccc(C)cc1. The lowest BCUT2D eigenvalue weighted by Gasteiger charge is -2.35.